The molecule has 1 N–H and O–H groups in total. The van der Waals surface area contributed by atoms with Crippen LogP contribution in [0, 0.1) is 6.92 Å². The molecule has 0 amide bonds. The molecule has 25 heavy (non-hydrogen) atoms. The lowest BCUT2D eigenvalue weighted by Crippen LogP contribution is -2.00. The minimum absolute atomic E-state index is 0.210. The van der Waals surface area contributed by atoms with Gasteiger partial charge >= 0.3 is 0 Å². The Bertz CT molecular complexity index is 861. The second-order valence-corrected chi connectivity index (χ2v) is 6.00. The third kappa shape index (κ3) is 3.91. The molecule has 2 aromatic carbocycles. The van der Waals surface area contributed by atoms with Gasteiger partial charge in [-0.3, -0.25) is 4.98 Å². The summed E-state index contributed by atoms with van der Waals surface area (Å²) in [4.78, 5) is 4.45. The molecule has 0 unspecified atom stereocenters. The average Bonchev–Trinajstić information content (AvgIpc) is 2.65. The average molecular weight is 337 g/mol. The fourth-order valence-corrected chi connectivity index (χ4v) is 2.88. The predicted octanol–water partition coefficient (Wildman–Crippen LogP) is 4.37. The highest BCUT2D eigenvalue weighted by Crippen LogP contribution is 2.32. The summed E-state index contributed by atoms with van der Waals surface area (Å²) >= 11 is 0. The van der Waals surface area contributed by atoms with Gasteiger partial charge in [-0.25, -0.2) is 0 Å². The first-order valence-electron chi connectivity index (χ1n) is 8.50. The maximum absolute atomic E-state index is 8.83. The number of aryl methyl sites for hydroxylation is 1. The SMILES string of the molecule is COc1ccc2c(-c3ccc(OCCCCO)c(C)c3)ccnc2c1. The fraction of sp³-hybridized carbons (Fsp3) is 0.286. The van der Waals surface area contributed by atoms with E-state index in [-0.39, 0.29) is 6.61 Å². The molecule has 130 valence electrons. The van der Waals surface area contributed by atoms with Crippen molar-refractivity contribution in [3.63, 3.8) is 0 Å². The molecular formula is C21H23NO3. The van der Waals surface area contributed by atoms with Crippen molar-refractivity contribution in [2.24, 2.45) is 0 Å². The molecule has 3 rings (SSSR count). The van der Waals surface area contributed by atoms with E-state index in [1.54, 1.807) is 7.11 Å². The quantitative estimate of drug-likeness (QED) is 0.651. The Balaban J connectivity index is 1.89. The zero-order chi connectivity index (χ0) is 17.6. The lowest BCUT2D eigenvalue weighted by atomic mass is 9.99. The summed E-state index contributed by atoms with van der Waals surface area (Å²) in [6.07, 6.45) is 3.45. The maximum Gasteiger partial charge on any atom is 0.122 e. The van der Waals surface area contributed by atoms with Gasteiger partial charge in [0.1, 0.15) is 11.5 Å². The third-order valence-corrected chi connectivity index (χ3v) is 4.25. The highest BCUT2D eigenvalue weighted by Gasteiger charge is 2.08. The topological polar surface area (TPSA) is 51.6 Å². The Morgan fingerprint density at radius 2 is 1.92 bits per heavy atom. The molecule has 3 aromatic rings. The zero-order valence-electron chi connectivity index (χ0n) is 14.7. The van der Waals surface area contributed by atoms with E-state index in [1.807, 2.05) is 36.5 Å². The van der Waals surface area contributed by atoms with Gasteiger partial charge in [0, 0.05) is 24.3 Å². The Morgan fingerprint density at radius 1 is 1.04 bits per heavy atom. The zero-order valence-corrected chi connectivity index (χ0v) is 14.7. The largest absolute Gasteiger partial charge is 0.497 e. The summed E-state index contributed by atoms with van der Waals surface area (Å²) in [5.74, 6) is 1.70. The van der Waals surface area contributed by atoms with Crippen LogP contribution in [0.15, 0.2) is 48.7 Å². The molecule has 0 aliphatic carbocycles. The molecule has 1 heterocycles. The highest BCUT2D eigenvalue weighted by molar-refractivity contribution is 5.95. The number of unbranched alkanes of at least 4 members (excludes halogenated alkanes) is 1. The number of pyridine rings is 1. The number of aliphatic hydroxyl groups excluding tert-OH is 1. The van der Waals surface area contributed by atoms with Crippen LogP contribution in [0.25, 0.3) is 22.0 Å². The van der Waals surface area contributed by atoms with E-state index in [0.29, 0.717) is 6.61 Å². The van der Waals surface area contributed by atoms with Crippen LogP contribution in [0.3, 0.4) is 0 Å². The van der Waals surface area contributed by atoms with Gasteiger partial charge in [0.25, 0.3) is 0 Å². The van der Waals surface area contributed by atoms with Crippen LogP contribution < -0.4 is 9.47 Å². The molecule has 0 atom stereocenters. The standard InChI is InChI=1S/C21H23NO3/c1-15-13-16(5-8-21(15)25-12-4-3-11-23)18-9-10-22-20-14-17(24-2)6-7-19(18)20/h5-10,13-14,23H,3-4,11-12H2,1-2H3. The number of hydrogen-bond acceptors (Lipinski definition) is 4. The third-order valence-electron chi connectivity index (χ3n) is 4.25. The molecule has 0 aliphatic heterocycles. The molecule has 4 heteroatoms. The predicted molar refractivity (Wildman–Crippen MR) is 100 cm³/mol. The maximum atomic E-state index is 8.83. The van der Waals surface area contributed by atoms with Crippen molar-refractivity contribution in [2.45, 2.75) is 19.8 Å². The van der Waals surface area contributed by atoms with E-state index >= 15 is 0 Å². The van der Waals surface area contributed by atoms with Crippen molar-refractivity contribution in [3.05, 3.63) is 54.2 Å². The van der Waals surface area contributed by atoms with Gasteiger partial charge in [0.05, 0.1) is 19.2 Å². The second-order valence-electron chi connectivity index (χ2n) is 6.00. The van der Waals surface area contributed by atoms with Gasteiger partial charge in [-0.05, 0) is 66.8 Å². The number of aliphatic hydroxyl groups is 1. The monoisotopic (exact) mass is 337 g/mol. The van der Waals surface area contributed by atoms with Crippen LogP contribution in [-0.2, 0) is 0 Å². The first kappa shape index (κ1) is 17.2. The minimum Gasteiger partial charge on any atom is -0.497 e. The summed E-state index contributed by atoms with van der Waals surface area (Å²) in [5, 5.41) is 9.93. The van der Waals surface area contributed by atoms with E-state index in [2.05, 4.69) is 24.0 Å². The van der Waals surface area contributed by atoms with Crippen molar-refractivity contribution in [1.29, 1.82) is 0 Å². The number of fused-ring (bicyclic) bond motifs is 1. The molecule has 0 saturated heterocycles. The van der Waals surface area contributed by atoms with Crippen molar-refractivity contribution in [1.82, 2.24) is 4.98 Å². The number of nitrogens with zero attached hydrogens (tertiary/aromatic N) is 1. The number of aromatic nitrogens is 1. The van der Waals surface area contributed by atoms with Crippen LogP contribution in [-0.4, -0.2) is 30.4 Å². The van der Waals surface area contributed by atoms with Gasteiger partial charge < -0.3 is 14.6 Å². The number of methoxy groups -OCH3 is 1. The van der Waals surface area contributed by atoms with Gasteiger partial charge in [-0.2, -0.15) is 0 Å². The summed E-state index contributed by atoms with van der Waals surface area (Å²) < 4.78 is 11.1. The molecule has 0 radical (unpaired) electrons. The molecule has 0 fully saturated rings. The molecular weight excluding hydrogens is 314 g/mol. The van der Waals surface area contributed by atoms with Crippen molar-refractivity contribution < 1.29 is 14.6 Å². The number of rotatable bonds is 7. The normalized spacial score (nSPS) is 10.8. The van der Waals surface area contributed by atoms with Crippen LogP contribution in [0.2, 0.25) is 0 Å². The first-order chi connectivity index (χ1) is 12.2. The van der Waals surface area contributed by atoms with E-state index in [9.17, 15) is 0 Å². The molecule has 1 aromatic heterocycles. The number of benzene rings is 2. The Morgan fingerprint density at radius 3 is 2.68 bits per heavy atom. The lowest BCUT2D eigenvalue weighted by molar-refractivity contribution is 0.252. The van der Waals surface area contributed by atoms with Crippen LogP contribution in [0.5, 0.6) is 11.5 Å². The first-order valence-corrected chi connectivity index (χ1v) is 8.50. The summed E-state index contributed by atoms with van der Waals surface area (Å²) in [6.45, 7) is 2.89. The summed E-state index contributed by atoms with van der Waals surface area (Å²) in [6, 6.07) is 14.2. The molecule has 0 aliphatic rings. The number of ether oxygens (including phenoxy) is 2. The van der Waals surface area contributed by atoms with Gasteiger partial charge in [0.15, 0.2) is 0 Å². The fourth-order valence-electron chi connectivity index (χ4n) is 2.88. The Hall–Kier alpha value is -2.59. The Kier molecular flexibility index (Phi) is 5.51. The van der Waals surface area contributed by atoms with E-state index in [4.69, 9.17) is 14.6 Å². The summed E-state index contributed by atoms with van der Waals surface area (Å²) in [5.41, 5.74) is 4.29. The molecule has 0 bridgehead atoms. The molecule has 0 spiro atoms. The highest BCUT2D eigenvalue weighted by atomic mass is 16.5. The van der Waals surface area contributed by atoms with E-state index in [0.717, 1.165) is 51.9 Å². The van der Waals surface area contributed by atoms with Crippen molar-refractivity contribution in [2.75, 3.05) is 20.3 Å². The van der Waals surface area contributed by atoms with E-state index < -0.39 is 0 Å². The number of hydrogen-bond donors (Lipinski definition) is 1. The van der Waals surface area contributed by atoms with Crippen LogP contribution in [0.1, 0.15) is 18.4 Å². The lowest BCUT2D eigenvalue weighted by Gasteiger charge is -2.12. The van der Waals surface area contributed by atoms with Gasteiger partial charge in [-0.1, -0.05) is 6.07 Å². The Labute approximate surface area is 148 Å². The van der Waals surface area contributed by atoms with Gasteiger partial charge in [-0.15, -0.1) is 0 Å². The summed E-state index contributed by atoms with van der Waals surface area (Å²) in [7, 11) is 1.66. The van der Waals surface area contributed by atoms with Gasteiger partial charge in [0.2, 0.25) is 0 Å². The van der Waals surface area contributed by atoms with Crippen LogP contribution in [0.4, 0.5) is 0 Å². The van der Waals surface area contributed by atoms with Crippen molar-refractivity contribution in [3.8, 4) is 22.6 Å². The minimum atomic E-state index is 0.210. The smallest absolute Gasteiger partial charge is 0.122 e. The van der Waals surface area contributed by atoms with Crippen LogP contribution >= 0.6 is 0 Å². The molecule has 0 saturated carbocycles. The second kappa shape index (κ2) is 7.99. The van der Waals surface area contributed by atoms with Crippen molar-refractivity contribution >= 4 is 10.9 Å². The van der Waals surface area contributed by atoms with E-state index in [1.165, 1.54) is 0 Å². The molecule has 4 nitrogen and oxygen atoms in total.